The molecule has 2 atom stereocenters. The summed E-state index contributed by atoms with van der Waals surface area (Å²) in [6.45, 7) is 0. The van der Waals surface area contributed by atoms with Crippen LogP contribution in [0.15, 0.2) is 0 Å². The van der Waals surface area contributed by atoms with Gasteiger partial charge in [-0.1, -0.05) is 12.8 Å². The Labute approximate surface area is 92.8 Å². The molecule has 0 aromatic carbocycles. The lowest BCUT2D eigenvalue weighted by molar-refractivity contribution is -0.174. The first-order valence-electron chi connectivity index (χ1n) is 6.68. The predicted molar refractivity (Wildman–Crippen MR) is 60.9 cm³/mol. The van der Waals surface area contributed by atoms with Crippen LogP contribution in [-0.2, 0) is 4.74 Å². The van der Waals surface area contributed by atoms with E-state index in [1.807, 2.05) is 0 Å². The van der Waals surface area contributed by atoms with Crippen LogP contribution in [0.25, 0.3) is 0 Å². The summed E-state index contributed by atoms with van der Waals surface area (Å²) in [5.41, 5.74) is 0.532. The number of rotatable bonds is 3. The Balaban J connectivity index is 1.63. The van der Waals surface area contributed by atoms with Gasteiger partial charge in [0.25, 0.3) is 0 Å². The Hall–Kier alpha value is -0.0800. The van der Waals surface area contributed by atoms with Gasteiger partial charge in [0.2, 0.25) is 0 Å². The minimum Gasteiger partial charge on any atom is -0.374 e. The molecule has 3 fully saturated rings. The fraction of sp³-hybridized carbons (Fsp3) is 1.00. The Morgan fingerprint density at radius 3 is 2.40 bits per heavy atom. The van der Waals surface area contributed by atoms with Gasteiger partial charge >= 0.3 is 0 Å². The summed E-state index contributed by atoms with van der Waals surface area (Å²) >= 11 is 0. The molecule has 0 radical (unpaired) electrons. The van der Waals surface area contributed by atoms with E-state index >= 15 is 0 Å². The highest BCUT2D eigenvalue weighted by molar-refractivity contribution is 5.09. The summed E-state index contributed by atoms with van der Waals surface area (Å²) in [6, 6.07) is 0.741. The van der Waals surface area contributed by atoms with Crippen LogP contribution in [0, 0.1) is 5.41 Å². The lowest BCUT2D eigenvalue weighted by Gasteiger charge is -2.55. The highest BCUT2D eigenvalue weighted by atomic mass is 16.5. The molecule has 0 amide bonds. The maximum absolute atomic E-state index is 6.25. The van der Waals surface area contributed by atoms with Crippen molar-refractivity contribution in [1.82, 2.24) is 5.32 Å². The van der Waals surface area contributed by atoms with Gasteiger partial charge in [0.05, 0.1) is 12.2 Å². The van der Waals surface area contributed by atoms with Crippen molar-refractivity contribution in [2.45, 2.75) is 69.6 Å². The van der Waals surface area contributed by atoms with Crippen LogP contribution in [0.2, 0.25) is 0 Å². The standard InChI is InChI=1S/C13H23NO/c1-14-11-9-12(15-10-5-4-6-10)13(11)7-2-3-8-13/h10-12,14H,2-9H2,1H3. The third-order valence-electron chi connectivity index (χ3n) is 5.08. The molecule has 2 unspecified atom stereocenters. The third-order valence-corrected chi connectivity index (χ3v) is 5.08. The number of nitrogens with one attached hydrogen (secondary N) is 1. The van der Waals surface area contributed by atoms with Crippen molar-refractivity contribution in [2.75, 3.05) is 7.05 Å². The molecule has 0 saturated heterocycles. The van der Waals surface area contributed by atoms with E-state index in [-0.39, 0.29) is 0 Å². The van der Waals surface area contributed by atoms with Crippen LogP contribution < -0.4 is 5.32 Å². The smallest absolute Gasteiger partial charge is 0.0665 e. The quantitative estimate of drug-likeness (QED) is 0.771. The van der Waals surface area contributed by atoms with Crippen molar-refractivity contribution < 1.29 is 4.74 Å². The zero-order valence-electron chi connectivity index (χ0n) is 9.80. The Kier molecular flexibility index (Phi) is 2.52. The maximum atomic E-state index is 6.25. The van der Waals surface area contributed by atoms with E-state index in [2.05, 4.69) is 12.4 Å². The van der Waals surface area contributed by atoms with Crippen molar-refractivity contribution in [3.05, 3.63) is 0 Å². The largest absolute Gasteiger partial charge is 0.374 e. The van der Waals surface area contributed by atoms with Crippen LogP contribution in [0.5, 0.6) is 0 Å². The fourth-order valence-corrected chi connectivity index (χ4v) is 3.79. The molecule has 3 rings (SSSR count). The second-order valence-corrected chi connectivity index (χ2v) is 5.69. The highest BCUT2D eigenvalue weighted by Gasteiger charge is 2.56. The highest BCUT2D eigenvalue weighted by Crippen LogP contribution is 2.55. The van der Waals surface area contributed by atoms with Crippen molar-refractivity contribution in [2.24, 2.45) is 5.41 Å². The normalized spacial score (nSPS) is 39.0. The van der Waals surface area contributed by atoms with Crippen LogP contribution in [0.3, 0.4) is 0 Å². The summed E-state index contributed by atoms with van der Waals surface area (Å²) in [7, 11) is 2.12. The molecule has 0 aromatic rings. The average molecular weight is 209 g/mol. The molecule has 1 N–H and O–H groups in total. The van der Waals surface area contributed by atoms with Crippen LogP contribution in [0.4, 0.5) is 0 Å². The zero-order chi connectivity index (χ0) is 10.3. The second kappa shape index (κ2) is 3.74. The Bertz CT molecular complexity index is 231. The molecular formula is C13H23NO. The first-order valence-corrected chi connectivity index (χ1v) is 6.68. The summed E-state index contributed by atoms with van der Waals surface area (Å²) < 4.78 is 6.25. The van der Waals surface area contributed by atoms with Gasteiger partial charge in [-0.05, 0) is 45.6 Å². The molecule has 86 valence electrons. The van der Waals surface area contributed by atoms with Crippen LogP contribution >= 0.6 is 0 Å². The summed E-state index contributed by atoms with van der Waals surface area (Å²) in [6.07, 6.45) is 12.1. The van der Waals surface area contributed by atoms with E-state index in [1.54, 1.807) is 0 Å². The second-order valence-electron chi connectivity index (χ2n) is 5.69. The molecule has 2 heteroatoms. The van der Waals surface area contributed by atoms with E-state index in [4.69, 9.17) is 4.74 Å². The molecule has 15 heavy (non-hydrogen) atoms. The monoisotopic (exact) mass is 209 g/mol. The van der Waals surface area contributed by atoms with Crippen LogP contribution in [-0.4, -0.2) is 25.3 Å². The van der Waals surface area contributed by atoms with Crippen LogP contribution in [0.1, 0.15) is 51.4 Å². The van der Waals surface area contributed by atoms with Gasteiger partial charge < -0.3 is 10.1 Å². The van der Waals surface area contributed by atoms with Crippen molar-refractivity contribution in [3.63, 3.8) is 0 Å². The first kappa shape index (κ1) is 10.1. The van der Waals surface area contributed by atoms with Gasteiger partial charge in [-0.15, -0.1) is 0 Å². The van der Waals surface area contributed by atoms with E-state index in [1.165, 1.54) is 51.4 Å². The molecule has 2 nitrogen and oxygen atoms in total. The van der Waals surface area contributed by atoms with E-state index in [9.17, 15) is 0 Å². The zero-order valence-corrected chi connectivity index (χ0v) is 9.80. The lowest BCUT2D eigenvalue weighted by atomic mass is 9.60. The average Bonchev–Trinajstić information content (AvgIpc) is 2.65. The third kappa shape index (κ3) is 1.45. The molecule has 0 aliphatic heterocycles. The summed E-state index contributed by atoms with van der Waals surface area (Å²) in [4.78, 5) is 0. The van der Waals surface area contributed by atoms with E-state index in [0.717, 1.165) is 6.04 Å². The van der Waals surface area contributed by atoms with Crippen molar-refractivity contribution in [1.29, 1.82) is 0 Å². The molecule has 0 bridgehead atoms. The minimum atomic E-state index is 0.532. The van der Waals surface area contributed by atoms with Gasteiger partial charge in [-0.3, -0.25) is 0 Å². The van der Waals surface area contributed by atoms with E-state index in [0.29, 0.717) is 17.6 Å². The number of hydrogen-bond acceptors (Lipinski definition) is 2. The van der Waals surface area contributed by atoms with Crippen molar-refractivity contribution in [3.8, 4) is 0 Å². The van der Waals surface area contributed by atoms with Gasteiger partial charge in [-0.2, -0.15) is 0 Å². The molecule has 1 spiro atoms. The molecule has 3 aliphatic rings. The van der Waals surface area contributed by atoms with Gasteiger partial charge in [-0.25, -0.2) is 0 Å². The van der Waals surface area contributed by atoms with Gasteiger partial charge in [0.1, 0.15) is 0 Å². The van der Waals surface area contributed by atoms with Gasteiger partial charge in [0, 0.05) is 11.5 Å². The van der Waals surface area contributed by atoms with Gasteiger partial charge in [0.15, 0.2) is 0 Å². The molecule has 0 heterocycles. The number of ether oxygens (including phenoxy) is 1. The molecule has 3 saturated carbocycles. The summed E-state index contributed by atoms with van der Waals surface area (Å²) in [5.74, 6) is 0. The molecular weight excluding hydrogens is 186 g/mol. The van der Waals surface area contributed by atoms with E-state index < -0.39 is 0 Å². The Morgan fingerprint density at radius 2 is 1.87 bits per heavy atom. The SMILES string of the molecule is CNC1CC(OC2CCC2)C12CCCC2. The number of hydrogen-bond donors (Lipinski definition) is 1. The topological polar surface area (TPSA) is 21.3 Å². The Morgan fingerprint density at radius 1 is 1.13 bits per heavy atom. The lowest BCUT2D eigenvalue weighted by Crippen LogP contribution is -2.62. The minimum absolute atomic E-state index is 0.532. The summed E-state index contributed by atoms with van der Waals surface area (Å²) in [5, 5.41) is 3.49. The first-order chi connectivity index (χ1) is 7.35. The maximum Gasteiger partial charge on any atom is 0.0665 e. The molecule has 3 aliphatic carbocycles. The fourth-order valence-electron chi connectivity index (χ4n) is 3.79. The predicted octanol–water partition coefficient (Wildman–Crippen LogP) is 2.48. The van der Waals surface area contributed by atoms with Crippen molar-refractivity contribution >= 4 is 0 Å². The molecule has 0 aromatic heterocycles.